The average molecular weight is 430 g/mol. The fourth-order valence-corrected chi connectivity index (χ4v) is 3.31. The van der Waals surface area contributed by atoms with Crippen LogP contribution in [0, 0.1) is 0 Å². The number of carboxylic acid groups (broad SMARTS) is 2. The molecule has 0 bridgehead atoms. The summed E-state index contributed by atoms with van der Waals surface area (Å²) in [5, 5.41) is 32.2. The molecule has 0 spiro atoms. The number of rotatable bonds is 9. The lowest BCUT2D eigenvalue weighted by atomic mass is 10.0. The molecule has 9 heteroatoms. The zero-order chi connectivity index (χ0) is 22.8. The van der Waals surface area contributed by atoms with Crippen molar-refractivity contribution in [1.82, 2.24) is 5.32 Å². The Kier molecular flexibility index (Phi) is 6.37. The van der Waals surface area contributed by atoms with Crippen LogP contribution in [0.1, 0.15) is 24.2 Å². The van der Waals surface area contributed by atoms with Crippen molar-refractivity contribution < 1.29 is 34.4 Å². The van der Waals surface area contributed by atoms with Gasteiger partial charge in [-0.3, -0.25) is 0 Å². The molecular weight excluding hydrogens is 404 g/mol. The van der Waals surface area contributed by atoms with Crippen LogP contribution < -0.4 is 19.7 Å². The van der Waals surface area contributed by atoms with Crippen molar-refractivity contribution in [2.24, 2.45) is 0 Å². The minimum absolute atomic E-state index is 0.0178. The van der Waals surface area contributed by atoms with Crippen LogP contribution in [0.15, 0.2) is 42.5 Å². The van der Waals surface area contributed by atoms with Gasteiger partial charge in [0.2, 0.25) is 0 Å². The van der Waals surface area contributed by atoms with Gasteiger partial charge in [-0.05, 0) is 48.7 Å². The lowest BCUT2D eigenvalue weighted by Crippen LogP contribution is -2.54. The van der Waals surface area contributed by atoms with Crippen molar-refractivity contribution in [2.45, 2.75) is 31.3 Å². The third kappa shape index (κ3) is 4.73. The first kappa shape index (κ1) is 22.4. The van der Waals surface area contributed by atoms with Crippen LogP contribution in [-0.4, -0.2) is 59.7 Å². The number of ether oxygens (including phenoxy) is 2. The van der Waals surface area contributed by atoms with Gasteiger partial charge in [-0.2, -0.15) is 0 Å². The number of carboxylic acids is 2. The first-order valence-electron chi connectivity index (χ1n) is 9.79. The van der Waals surface area contributed by atoms with Crippen LogP contribution in [0.25, 0.3) is 0 Å². The van der Waals surface area contributed by atoms with E-state index in [1.807, 2.05) is 50.2 Å². The standard InChI is InChI=1S/C22H26N2O7/c1-13(23-12-17(25)15-5-4-6-16(11-15)24(2)3)9-14-7-8-18-19(10-14)31-22(30-18,20(26)27)21(28)29/h4-8,10-11,13,17,23,25H,9,12H2,1-3H3,(H,26,27)(H,28,29). The molecular formula is C22H26N2O7. The molecule has 2 aromatic carbocycles. The van der Waals surface area contributed by atoms with Gasteiger partial charge in [0.05, 0.1) is 6.10 Å². The number of hydrogen-bond donors (Lipinski definition) is 4. The summed E-state index contributed by atoms with van der Waals surface area (Å²) in [4.78, 5) is 24.7. The molecule has 2 atom stereocenters. The zero-order valence-corrected chi connectivity index (χ0v) is 17.5. The second kappa shape index (κ2) is 8.83. The van der Waals surface area contributed by atoms with E-state index in [-0.39, 0.29) is 17.5 Å². The Bertz CT molecular complexity index is 962. The molecule has 0 amide bonds. The van der Waals surface area contributed by atoms with E-state index in [9.17, 15) is 24.9 Å². The van der Waals surface area contributed by atoms with Crippen molar-refractivity contribution in [3.05, 3.63) is 53.6 Å². The second-order valence-electron chi connectivity index (χ2n) is 7.73. The van der Waals surface area contributed by atoms with E-state index >= 15 is 0 Å². The van der Waals surface area contributed by atoms with Crippen LogP contribution >= 0.6 is 0 Å². The quantitative estimate of drug-likeness (QED) is 0.439. The van der Waals surface area contributed by atoms with Crippen LogP contribution in [0.5, 0.6) is 11.5 Å². The maximum atomic E-state index is 11.4. The molecule has 0 aromatic heterocycles. The Morgan fingerprint density at radius 2 is 1.74 bits per heavy atom. The summed E-state index contributed by atoms with van der Waals surface area (Å²) < 4.78 is 10.2. The number of fused-ring (bicyclic) bond motifs is 1. The van der Waals surface area contributed by atoms with Crippen LogP contribution in [0.4, 0.5) is 5.69 Å². The Balaban J connectivity index is 1.60. The molecule has 4 N–H and O–H groups in total. The summed E-state index contributed by atoms with van der Waals surface area (Å²) >= 11 is 0. The predicted octanol–water partition coefficient (Wildman–Crippen LogP) is 1.64. The molecule has 0 fully saturated rings. The highest BCUT2D eigenvalue weighted by Gasteiger charge is 2.57. The summed E-state index contributed by atoms with van der Waals surface area (Å²) in [6.07, 6.45) is -0.125. The summed E-state index contributed by atoms with van der Waals surface area (Å²) in [5.41, 5.74) is 2.62. The van der Waals surface area contributed by atoms with Crippen molar-refractivity contribution >= 4 is 17.6 Å². The molecule has 0 radical (unpaired) electrons. The third-order valence-electron chi connectivity index (χ3n) is 5.05. The van der Waals surface area contributed by atoms with Crippen LogP contribution in [0.3, 0.4) is 0 Å². The fourth-order valence-electron chi connectivity index (χ4n) is 3.31. The normalized spacial score (nSPS) is 15.9. The van der Waals surface area contributed by atoms with Gasteiger partial charge in [0.25, 0.3) is 0 Å². The highest BCUT2D eigenvalue weighted by atomic mass is 16.8. The molecule has 166 valence electrons. The number of carbonyl (C=O) groups is 2. The molecule has 1 aliphatic heterocycles. The minimum Gasteiger partial charge on any atom is -0.475 e. The van der Waals surface area contributed by atoms with Gasteiger partial charge in [0.1, 0.15) is 0 Å². The van der Waals surface area contributed by atoms with Gasteiger partial charge in [0.15, 0.2) is 11.5 Å². The van der Waals surface area contributed by atoms with E-state index in [0.29, 0.717) is 13.0 Å². The molecule has 2 unspecified atom stereocenters. The number of hydrogen-bond acceptors (Lipinski definition) is 7. The van der Waals surface area contributed by atoms with Gasteiger partial charge in [-0.25, -0.2) is 9.59 Å². The third-order valence-corrected chi connectivity index (χ3v) is 5.05. The van der Waals surface area contributed by atoms with E-state index in [0.717, 1.165) is 16.8 Å². The zero-order valence-electron chi connectivity index (χ0n) is 17.5. The fraction of sp³-hybridized carbons (Fsp3) is 0.364. The Morgan fingerprint density at radius 3 is 2.39 bits per heavy atom. The Labute approximate surface area is 179 Å². The number of aliphatic carboxylic acids is 2. The maximum absolute atomic E-state index is 11.4. The largest absolute Gasteiger partial charge is 0.475 e. The number of nitrogens with one attached hydrogen (secondary N) is 1. The van der Waals surface area contributed by atoms with E-state index in [4.69, 9.17) is 9.47 Å². The lowest BCUT2D eigenvalue weighted by molar-refractivity contribution is -0.194. The number of benzene rings is 2. The number of nitrogens with zero attached hydrogens (tertiary/aromatic N) is 1. The highest BCUT2D eigenvalue weighted by Crippen LogP contribution is 2.40. The first-order valence-corrected chi connectivity index (χ1v) is 9.79. The van der Waals surface area contributed by atoms with Crippen LogP contribution in [-0.2, 0) is 16.0 Å². The van der Waals surface area contributed by atoms with E-state index in [1.54, 1.807) is 12.1 Å². The summed E-state index contributed by atoms with van der Waals surface area (Å²) in [6.45, 7) is 2.30. The molecule has 31 heavy (non-hydrogen) atoms. The topological polar surface area (TPSA) is 129 Å². The van der Waals surface area contributed by atoms with Gasteiger partial charge in [-0.15, -0.1) is 0 Å². The Hall–Kier alpha value is -3.30. The maximum Gasteiger partial charge on any atom is 0.453 e. The van der Waals surface area contributed by atoms with Crippen molar-refractivity contribution in [2.75, 3.05) is 25.5 Å². The number of anilines is 1. The average Bonchev–Trinajstić information content (AvgIpc) is 3.12. The summed E-state index contributed by atoms with van der Waals surface area (Å²) in [7, 11) is 3.88. The van der Waals surface area contributed by atoms with E-state index < -0.39 is 23.8 Å². The predicted molar refractivity (Wildman–Crippen MR) is 113 cm³/mol. The van der Waals surface area contributed by atoms with Crippen molar-refractivity contribution in [3.63, 3.8) is 0 Å². The smallest absolute Gasteiger partial charge is 0.453 e. The van der Waals surface area contributed by atoms with Gasteiger partial charge in [-0.1, -0.05) is 18.2 Å². The second-order valence-corrected chi connectivity index (χ2v) is 7.73. The number of aliphatic hydroxyl groups is 1. The Morgan fingerprint density at radius 1 is 1.06 bits per heavy atom. The van der Waals surface area contributed by atoms with Gasteiger partial charge in [0, 0.05) is 32.4 Å². The van der Waals surface area contributed by atoms with Crippen molar-refractivity contribution in [1.29, 1.82) is 0 Å². The molecule has 1 aliphatic rings. The van der Waals surface area contributed by atoms with Crippen LogP contribution in [0.2, 0.25) is 0 Å². The molecule has 1 heterocycles. The molecule has 0 saturated carbocycles. The summed E-state index contributed by atoms with van der Waals surface area (Å²) in [6, 6.07) is 12.4. The van der Waals surface area contributed by atoms with Gasteiger partial charge >= 0.3 is 17.7 Å². The number of aliphatic hydroxyl groups excluding tert-OH is 1. The van der Waals surface area contributed by atoms with Crippen molar-refractivity contribution in [3.8, 4) is 11.5 Å². The lowest BCUT2D eigenvalue weighted by Gasteiger charge is -2.19. The minimum atomic E-state index is -2.77. The first-order chi connectivity index (χ1) is 14.6. The monoisotopic (exact) mass is 430 g/mol. The van der Waals surface area contributed by atoms with Gasteiger partial charge < -0.3 is 35.0 Å². The molecule has 2 aromatic rings. The molecule has 3 rings (SSSR count). The SMILES string of the molecule is CC(Cc1ccc2c(c1)OC(C(=O)O)(C(=O)O)O2)NCC(O)c1cccc(N(C)C)c1. The van der Waals surface area contributed by atoms with E-state index in [1.165, 1.54) is 6.07 Å². The molecule has 0 aliphatic carbocycles. The highest BCUT2D eigenvalue weighted by molar-refractivity contribution is 6.01. The molecule has 0 saturated heterocycles. The summed E-state index contributed by atoms with van der Waals surface area (Å²) in [5.74, 6) is -6.11. The molecule has 9 nitrogen and oxygen atoms in total. The van der Waals surface area contributed by atoms with E-state index in [2.05, 4.69) is 5.32 Å².